The molecule has 7 nitrogen and oxygen atoms in total. The smallest absolute Gasteiger partial charge is 0.256 e. The van der Waals surface area contributed by atoms with Crippen LogP contribution < -0.4 is 4.90 Å². The number of hydrogen-bond donors (Lipinski definition) is 0. The summed E-state index contributed by atoms with van der Waals surface area (Å²) in [6.45, 7) is 9.70. The Bertz CT molecular complexity index is 725. The summed E-state index contributed by atoms with van der Waals surface area (Å²) >= 11 is 0. The van der Waals surface area contributed by atoms with E-state index in [0.29, 0.717) is 29.9 Å². The summed E-state index contributed by atoms with van der Waals surface area (Å²) < 4.78 is 5.07. The molecule has 0 aliphatic carbocycles. The first-order valence-electron chi connectivity index (χ1n) is 8.85. The molecule has 1 aliphatic rings. The Labute approximate surface area is 148 Å². The van der Waals surface area contributed by atoms with Gasteiger partial charge in [0, 0.05) is 32.3 Å². The van der Waals surface area contributed by atoms with Crippen molar-refractivity contribution in [1.82, 2.24) is 20.0 Å². The van der Waals surface area contributed by atoms with E-state index in [1.165, 1.54) is 0 Å². The summed E-state index contributed by atoms with van der Waals surface area (Å²) in [4.78, 5) is 25.7. The Morgan fingerprint density at radius 2 is 2.24 bits per heavy atom. The molecule has 1 aliphatic heterocycles. The third kappa shape index (κ3) is 3.50. The van der Waals surface area contributed by atoms with Crippen molar-refractivity contribution in [3.63, 3.8) is 0 Å². The monoisotopic (exact) mass is 343 g/mol. The number of anilines is 1. The van der Waals surface area contributed by atoms with Gasteiger partial charge in [0.1, 0.15) is 5.82 Å². The Kier molecular flexibility index (Phi) is 5.01. The summed E-state index contributed by atoms with van der Waals surface area (Å²) in [5.41, 5.74) is 0.593. The summed E-state index contributed by atoms with van der Waals surface area (Å²) in [5, 5.41) is 3.99. The van der Waals surface area contributed by atoms with Crippen LogP contribution in [-0.2, 0) is 0 Å². The van der Waals surface area contributed by atoms with Crippen LogP contribution in [0.25, 0.3) is 0 Å². The molecule has 1 saturated heterocycles. The number of likely N-dealkylation sites (tertiary alicyclic amines) is 1. The lowest BCUT2D eigenvalue weighted by molar-refractivity contribution is 0.0728. The van der Waals surface area contributed by atoms with Crippen molar-refractivity contribution >= 4 is 11.7 Å². The number of rotatable bonds is 5. The van der Waals surface area contributed by atoms with E-state index in [2.05, 4.69) is 40.8 Å². The van der Waals surface area contributed by atoms with Crippen molar-refractivity contribution in [2.45, 2.75) is 52.6 Å². The lowest BCUT2D eigenvalue weighted by Gasteiger charge is -2.26. The number of aryl methyl sites for hydroxylation is 1. The molecule has 0 N–H and O–H groups in total. The molecule has 2 aromatic rings. The second-order valence-corrected chi connectivity index (χ2v) is 6.61. The van der Waals surface area contributed by atoms with E-state index in [4.69, 9.17) is 4.52 Å². The van der Waals surface area contributed by atoms with Crippen LogP contribution in [0, 0.1) is 6.92 Å². The van der Waals surface area contributed by atoms with E-state index < -0.39 is 0 Å². The van der Waals surface area contributed by atoms with Gasteiger partial charge < -0.3 is 14.3 Å². The van der Waals surface area contributed by atoms with Gasteiger partial charge in [-0.25, -0.2) is 4.98 Å². The molecule has 25 heavy (non-hydrogen) atoms. The van der Waals surface area contributed by atoms with Crippen molar-refractivity contribution in [3.8, 4) is 0 Å². The molecule has 2 aromatic heterocycles. The minimum Gasteiger partial charge on any atom is -0.354 e. The van der Waals surface area contributed by atoms with Crippen LogP contribution in [0.1, 0.15) is 61.7 Å². The lowest BCUT2D eigenvalue weighted by atomic mass is 10.2. The van der Waals surface area contributed by atoms with E-state index in [1.807, 2.05) is 17.0 Å². The third-order valence-corrected chi connectivity index (χ3v) is 4.61. The average Bonchev–Trinajstić information content (AvgIpc) is 3.23. The normalized spacial score (nSPS) is 17.3. The minimum absolute atomic E-state index is 0.0309. The molecule has 0 aromatic carbocycles. The van der Waals surface area contributed by atoms with Crippen LogP contribution in [-0.4, -0.2) is 45.1 Å². The zero-order chi connectivity index (χ0) is 18.0. The maximum atomic E-state index is 12.9. The highest BCUT2D eigenvalue weighted by molar-refractivity contribution is 5.94. The van der Waals surface area contributed by atoms with Crippen LogP contribution >= 0.6 is 0 Å². The van der Waals surface area contributed by atoms with E-state index in [1.54, 1.807) is 13.1 Å². The van der Waals surface area contributed by atoms with Crippen molar-refractivity contribution in [3.05, 3.63) is 35.6 Å². The van der Waals surface area contributed by atoms with Gasteiger partial charge in [-0.2, -0.15) is 4.98 Å². The van der Waals surface area contributed by atoms with Crippen LogP contribution in [0.4, 0.5) is 5.82 Å². The van der Waals surface area contributed by atoms with Gasteiger partial charge in [0.2, 0.25) is 5.89 Å². The van der Waals surface area contributed by atoms with Crippen LogP contribution in [0.3, 0.4) is 0 Å². The number of nitrogens with zero attached hydrogens (tertiary/aromatic N) is 5. The maximum Gasteiger partial charge on any atom is 0.256 e. The quantitative estimate of drug-likeness (QED) is 0.831. The number of pyridine rings is 1. The zero-order valence-electron chi connectivity index (χ0n) is 15.3. The highest BCUT2D eigenvalue weighted by Crippen LogP contribution is 2.31. The number of amides is 1. The molecule has 7 heteroatoms. The van der Waals surface area contributed by atoms with Crippen LogP contribution in [0.2, 0.25) is 0 Å². The second-order valence-electron chi connectivity index (χ2n) is 6.61. The van der Waals surface area contributed by atoms with Crippen LogP contribution in [0.15, 0.2) is 22.9 Å². The fraction of sp³-hybridized carbons (Fsp3) is 0.556. The zero-order valence-corrected chi connectivity index (χ0v) is 15.3. The first kappa shape index (κ1) is 17.4. The average molecular weight is 343 g/mol. The van der Waals surface area contributed by atoms with E-state index in [0.717, 1.165) is 25.2 Å². The molecule has 0 spiro atoms. The highest BCUT2D eigenvalue weighted by Gasteiger charge is 2.33. The van der Waals surface area contributed by atoms with E-state index in [9.17, 15) is 4.79 Å². The van der Waals surface area contributed by atoms with Gasteiger partial charge >= 0.3 is 0 Å². The maximum absolute atomic E-state index is 12.9. The third-order valence-electron chi connectivity index (χ3n) is 4.61. The first-order valence-corrected chi connectivity index (χ1v) is 8.85. The van der Waals surface area contributed by atoms with Crippen LogP contribution in [0.5, 0.6) is 0 Å². The van der Waals surface area contributed by atoms with Crippen molar-refractivity contribution < 1.29 is 9.32 Å². The van der Waals surface area contributed by atoms with Gasteiger partial charge in [-0.1, -0.05) is 5.16 Å². The summed E-state index contributed by atoms with van der Waals surface area (Å²) in [6, 6.07) is 4.02. The Hall–Kier alpha value is -2.44. The number of hydrogen-bond acceptors (Lipinski definition) is 6. The summed E-state index contributed by atoms with van der Waals surface area (Å²) in [5.74, 6) is 1.97. The molecule has 3 heterocycles. The van der Waals surface area contributed by atoms with E-state index >= 15 is 0 Å². The lowest BCUT2D eigenvalue weighted by Crippen LogP contribution is -2.32. The summed E-state index contributed by atoms with van der Waals surface area (Å²) in [7, 11) is 0. The molecular formula is C18H25N5O2. The Morgan fingerprint density at radius 3 is 2.80 bits per heavy atom. The predicted octanol–water partition coefficient (Wildman–Crippen LogP) is 2.99. The molecule has 0 unspecified atom stereocenters. The molecule has 1 atom stereocenters. The van der Waals surface area contributed by atoms with Gasteiger partial charge in [0.05, 0.1) is 11.6 Å². The highest BCUT2D eigenvalue weighted by atomic mass is 16.5. The molecule has 1 amide bonds. The number of carbonyl (C=O) groups excluding carboxylic acids is 1. The van der Waals surface area contributed by atoms with Gasteiger partial charge in [-0.05, 0) is 45.7 Å². The summed E-state index contributed by atoms with van der Waals surface area (Å²) in [6.07, 6.45) is 3.46. The van der Waals surface area contributed by atoms with Gasteiger partial charge in [-0.3, -0.25) is 4.79 Å². The van der Waals surface area contributed by atoms with Gasteiger partial charge in [0.25, 0.3) is 5.91 Å². The second kappa shape index (κ2) is 7.21. The SMILES string of the molecule is CCN(c1ccc(C(=O)N2CCC[C@@H]2c2noc(C)n2)cn1)C(C)C. The van der Waals surface area contributed by atoms with E-state index in [-0.39, 0.29) is 11.9 Å². The number of carbonyl (C=O) groups is 1. The molecule has 3 rings (SSSR count). The predicted molar refractivity (Wildman–Crippen MR) is 94.4 cm³/mol. The fourth-order valence-electron chi connectivity index (χ4n) is 3.37. The van der Waals surface area contributed by atoms with Gasteiger partial charge in [0.15, 0.2) is 5.82 Å². The number of aromatic nitrogens is 3. The molecular weight excluding hydrogens is 318 g/mol. The standard InChI is InChI=1S/C18H25N5O2/c1-5-22(12(2)3)16-9-8-14(11-19-16)18(24)23-10-6-7-15(23)17-20-13(4)25-21-17/h8-9,11-12,15H,5-7,10H2,1-4H3/t15-/m1/s1. The molecule has 1 fully saturated rings. The van der Waals surface area contributed by atoms with Gasteiger partial charge in [-0.15, -0.1) is 0 Å². The minimum atomic E-state index is -0.118. The molecule has 0 bridgehead atoms. The van der Waals surface area contributed by atoms with Crippen molar-refractivity contribution in [2.75, 3.05) is 18.0 Å². The first-order chi connectivity index (χ1) is 12.0. The molecule has 0 saturated carbocycles. The molecule has 0 radical (unpaired) electrons. The van der Waals surface area contributed by atoms with Crippen molar-refractivity contribution in [1.29, 1.82) is 0 Å². The largest absolute Gasteiger partial charge is 0.354 e. The molecule has 134 valence electrons. The Morgan fingerprint density at radius 1 is 1.44 bits per heavy atom. The fourth-order valence-corrected chi connectivity index (χ4v) is 3.37. The van der Waals surface area contributed by atoms with Crippen molar-refractivity contribution in [2.24, 2.45) is 0 Å². The Balaban J connectivity index is 1.78. The topological polar surface area (TPSA) is 75.4 Å².